The molecule has 1 aliphatic rings. The van der Waals surface area contributed by atoms with Gasteiger partial charge < -0.3 is 15.0 Å². The lowest BCUT2D eigenvalue weighted by Gasteiger charge is -2.47. The number of anilines is 2. The summed E-state index contributed by atoms with van der Waals surface area (Å²) in [5, 5.41) is 14.2. The Labute approximate surface area is 124 Å². The highest BCUT2D eigenvalue weighted by Gasteiger charge is 2.40. The van der Waals surface area contributed by atoms with Crippen LogP contribution in [0.25, 0.3) is 0 Å². The van der Waals surface area contributed by atoms with Crippen molar-refractivity contribution in [1.29, 1.82) is 0 Å². The van der Waals surface area contributed by atoms with Crippen LogP contribution in [0.1, 0.15) is 27.7 Å². The molecule has 1 fully saturated rings. The zero-order valence-corrected chi connectivity index (χ0v) is 13.1. The van der Waals surface area contributed by atoms with E-state index in [0.717, 1.165) is 0 Å². The maximum atomic E-state index is 11.3. The van der Waals surface area contributed by atoms with Crippen LogP contribution in [0.3, 0.4) is 0 Å². The smallest absolute Gasteiger partial charge is 0.311 e. The SMILES string of the molecule is CNc1ccc([N+](=O)[O-])c(N2CC(C)(C)OC(C)(C)C2)n1. The number of pyridine rings is 1. The Balaban J connectivity index is 2.46. The first-order valence-electron chi connectivity index (χ1n) is 6.92. The zero-order chi connectivity index (χ0) is 15.8. The van der Waals surface area contributed by atoms with E-state index in [4.69, 9.17) is 4.74 Å². The van der Waals surface area contributed by atoms with Crippen molar-refractivity contribution in [3.8, 4) is 0 Å². The second-order valence-electron chi connectivity index (χ2n) is 6.52. The standard InChI is InChI=1S/C14H22N4O3/c1-13(2)8-17(9-14(3,4)21-13)12-10(18(19)20)6-7-11(15-5)16-12/h6-7H,8-9H2,1-5H3,(H,15,16). The molecule has 1 N–H and O–H groups in total. The van der Waals surface area contributed by atoms with Crippen LogP contribution in [0, 0.1) is 10.1 Å². The molecule has 0 saturated carbocycles. The van der Waals surface area contributed by atoms with Crippen molar-refractivity contribution in [2.45, 2.75) is 38.9 Å². The van der Waals surface area contributed by atoms with E-state index in [0.29, 0.717) is 24.7 Å². The van der Waals surface area contributed by atoms with Crippen LogP contribution in [0.2, 0.25) is 0 Å². The van der Waals surface area contributed by atoms with Crippen LogP contribution in [0.15, 0.2) is 12.1 Å². The van der Waals surface area contributed by atoms with Gasteiger partial charge in [-0.1, -0.05) is 0 Å². The number of ether oxygens (including phenoxy) is 1. The fraction of sp³-hybridized carbons (Fsp3) is 0.643. The summed E-state index contributed by atoms with van der Waals surface area (Å²) < 4.78 is 6.01. The van der Waals surface area contributed by atoms with Gasteiger partial charge in [-0.15, -0.1) is 0 Å². The molecule has 0 radical (unpaired) electrons. The van der Waals surface area contributed by atoms with Gasteiger partial charge in [-0.3, -0.25) is 10.1 Å². The predicted molar refractivity (Wildman–Crippen MR) is 81.9 cm³/mol. The van der Waals surface area contributed by atoms with Gasteiger partial charge in [-0.25, -0.2) is 4.98 Å². The van der Waals surface area contributed by atoms with E-state index in [2.05, 4.69) is 10.3 Å². The topological polar surface area (TPSA) is 80.5 Å². The first-order valence-corrected chi connectivity index (χ1v) is 6.92. The number of hydrogen-bond donors (Lipinski definition) is 1. The number of nitrogens with zero attached hydrogens (tertiary/aromatic N) is 3. The van der Waals surface area contributed by atoms with Crippen molar-refractivity contribution in [2.24, 2.45) is 0 Å². The molecule has 7 nitrogen and oxygen atoms in total. The van der Waals surface area contributed by atoms with E-state index in [1.54, 1.807) is 13.1 Å². The van der Waals surface area contributed by atoms with E-state index >= 15 is 0 Å². The second kappa shape index (κ2) is 5.14. The van der Waals surface area contributed by atoms with E-state index in [1.807, 2.05) is 32.6 Å². The molecule has 1 aliphatic heterocycles. The van der Waals surface area contributed by atoms with Crippen molar-refractivity contribution in [3.05, 3.63) is 22.2 Å². The monoisotopic (exact) mass is 294 g/mol. The van der Waals surface area contributed by atoms with Gasteiger partial charge in [0.15, 0.2) is 0 Å². The average Bonchev–Trinajstić information content (AvgIpc) is 2.34. The molecular formula is C14H22N4O3. The van der Waals surface area contributed by atoms with Crippen molar-refractivity contribution in [2.75, 3.05) is 30.4 Å². The summed E-state index contributed by atoms with van der Waals surface area (Å²) in [6.45, 7) is 9.03. The number of aromatic nitrogens is 1. The van der Waals surface area contributed by atoms with Crippen molar-refractivity contribution in [3.63, 3.8) is 0 Å². The molecule has 7 heteroatoms. The van der Waals surface area contributed by atoms with Crippen LogP contribution in [-0.4, -0.2) is 41.2 Å². The fourth-order valence-corrected chi connectivity index (χ4v) is 2.89. The Morgan fingerprint density at radius 2 is 1.86 bits per heavy atom. The van der Waals surface area contributed by atoms with Gasteiger partial charge >= 0.3 is 5.69 Å². The van der Waals surface area contributed by atoms with Crippen LogP contribution in [0.4, 0.5) is 17.3 Å². The lowest BCUT2D eigenvalue weighted by atomic mass is 9.99. The van der Waals surface area contributed by atoms with Crippen LogP contribution in [-0.2, 0) is 4.74 Å². The summed E-state index contributed by atoms with van der Waals surface area (Å²) in [7, 11) is 1.74. The minimum Gasteiger partial charge on any atom is -0.373 e. The minimum atomic E-state index is -0.396. The van der Waals surface area contributed by atoms with Crippen molar-refractivity contribution in [1.82, 2.24) is 4.98 Å². The molecule has 2 rings (SSSR count). The minimum absolute atomic E-state index is 0.0162. The molecule has 0 atom stereocenters. The molecule has 0 aromatic carbocycles. The lowest BCUT2D eigenvalue weighted by Crippen LogP contribution is -2.57. The maximum absolute atomic E-state index is 11.3. The summed E-state index contributed by atoms with van der Waals surface area (Å²) in [5.41, 5.74) is -0.776. The number of rotatable bonds is 3. The molecule has 0 amide bonds. The van der Waals surface area contributed by atoms with E-state index in [9.17, 15) is 10.1 Å². The first-order chi connectivity index (χ1) is 9.63. The molecule has 1 aromatic heterocycles. The Bertz CT molecular complexity index is 541. The van der Waals surface area contributed by atoms with Gasteiger partial charge in [0.1, 0.15) is 5.82 Å². The Morgan fingerprint density at radius 1 is 1.29 bits per heavy atom. The number of hydrogen-bond acceptors (Lipinski definition) is 6. The van der Waals surface area contributed by atoms with Crippen LogP contribution < -0.4 is 10.2 Å². The molecular weight excluding hydrogens is 272 g/mol. The molecule has 1 aromatic rings. The van der Waals surface area contributed by atoms with Gasteiger partial charge in [-0.05, 0) is 33.8 Å². The third-order valence-electron chi connectivity index (χ3n) is 3.30. The summed E-state index contributed by atoms with van der Waals surface area (Å²) in [4.78, 5) is 17.2. The molecule has 21 heavy (non-hydrogen) atoms. The number of nitrogens with one attached hydrogen (secondary N) is 1. The van der Waals surface area contributed by atoms with Crippen molar-refractivity contribution < 1.29 is 9.66 Å². The van der Waals surface area contributed by atoms with Gasteiger partial charge in [0.2, 0.25) is 5.82 Å². The van der Waals surface area contributed by atoms with E-state index in [-0.39, 0.29) is 5.69 Å². The molecule has 1 saturated heterocycles. The molecule has 0 aliphatic carbocycles. The van der Waals surface area contributed by atoms with Crippen LogP contribution in [0.5, 0.6) is 0 Å². The maximum Gasteiger partial charge on any atom is 0.311 e. The molecule has 0 bridgehead atoms. The predicted octanol–water partition coefficient (Wildman–Crippen LogP) is 2.43. The normalized spacial score (nSPS) is 20.1. The average molecular weight is 294 g/mol. The largest absolute Gasteiger partial charge is 0.373 e. The lowest BCUT2D eigenvalue weighted by molar-refractivity contribution is -0.384. The summed E-state index contributed by atoms with van der Waals surface area (Å²) in [5.74, 6) is 0.994. The van der Waals surface area contributed by atoms with Gasteiger partial charge in [0, 0.05) is 26.2 Å². The summed E-state index contributed by atoms with van der Waals surface area (Å²) in [6, 6.07) is 3.10. The number of morpholine rings is 1. The Hall–Kier alpha value is -1.89. The Kier molecular flexibility index (Phi) is 3.79. The second-order valence-corrected chi connectivity index (χ2v) is 6.52. The fourth-order valence-electron chi connectivity index (χ4n) is 2.89. The van der Waals surface area contributed by atoms with Gasteiger partial charge in [-0.2, -0.15) is 0 Å². The van der Waals surface area contributed by atoms with Gasteiger partial charge in [0.25, 0.3) is 0 Å². The quantitative estimate of drug-likeness (QED) is 0.681. The van der Waals surface area contributed by atoms with E-state index < -0.39 is 16.1 Å². The third-order valence-corrected chi connectivity index (χ3v) is 3.30. The highest BCUT2D eigenvalue weighted by molar-refractivity contribution is 5.62. The summed E-state index contributed by atoms with van der Waals surface area (Å²) in [6.07, 6.45) is 0. The number of nitro groups is 1. The van der Waals surface area contributed by atoms with Crippen molar-refractivity contribution >= 4 is 17.3 Å². The summed E-state index contributed by atoms with van der Waals surface area (Å²) >= 11 is 0. The van der Waals surface area contributed by atoms with Gasteiger partial charge in [0.05, 0.1) is 16.1 Å². The molecule has 116 valence electrons. The molecule has 0 unspecified atom stereocenters. The molecule has 0 spiro atoms. The molecule has 2 heterocycles. The highest BCUT2D eigenvalue weighted by atomic mass is 16.6. The third kappa shape index (κ3) is 3.41. The highest BCUT2D eigenvalue weighted by Crippen LogP contribution is 2.35. The Morgan fingerprint density at radius 3 is 2.33 bits per heavy atom. The van der Waals surface area contributed by atoms with E-state index in [1.165, 1.54) is 6.07 Å². The van der Waals surface area contributed by atoms with Crippen LogP contribution >= 0.6 is 0 Å². The first kappa shape index (κ1) is 15.5. The zero-order valence-electron chi connectivity index (χ0n) is 13.1.